The lowest BCUT2D eigenvalue weighted by molar-refractivity contribution is -0.143. The molecule has 0 aromatic carbocycles. The number of carbonyl (C=O) groups excluding carboxylic acids is 1. The summed E-state index contributed by atoms with van der Waals surface area (Å²) in [7, 11) is 1.83. The summed E-state index contributed by atoms with van der Waals surface area (Å²) in [5.74, 6) is -1.35. The van der Waals surface area contributed by atoms with E-state index in [2.05, 4.69) is 5.32 Å². The normalized spacial score (nSPS) is 23.6. The molecule has 0 aromatic rings. The Morgan fingerprint density at radius 1 is 1.44 bits per heavy atom. The molecule has 6 nitrogen and oxygen atoms in total. The first-order valence-corrected chi connectivity index (χ1v) is 6.22. The number of hydrogen-bond donors (Lipinski definition) is 2. The van der Waals surface area contributed by atoms with Crippen LogP contribution in [0, 0.1) is 5.92 Å². The highest BCUT2D eigenvalue weighted by atomic mass is 16.5. The van der Waals surface area contributed by atoms with Crippen molar-refractivity contribution in [2.24, 2.45) is 5.92 Å². The summed E-state index contributed by atoms with van der Waals surface area (Å²) in [4.78, 5) is 24.4. The molecule has 1 aliphatic rings. The fourth-order valence-corrected chi connectivity index (χ4v) is 2.05. The van der Waals surface area contributed by atoms with Gasteiger partial charge in [0.2, 0.25) is 5.91 Å². The van der Waals surface area contributed by atoms with Crippen LogP contribution in [0.4, 0.5) is 0 Å². The molecule has 2 atom stereocenters. The second-order valence-corrected chi connectivity index (χ2v) is 5.00. The van der Waals surface area contributed by atoms with Crippen molar-refractivity contribution in [3.63, 3.8) is 0 Å². The molecule has 1 heterocycles. The van der Waals surface area contributed by atoms with Crippen LogP contribution >= 0.6 is 0 Å². The van der Waals surface area contributed by atoms with Crippen LogP contribution in [0.5, 0.6) is 0 Å². The van der Waals surface area contributed by atoms with Crippen LogP contribution < -0.4 is 5.32 Å². The number of likely N-dealkylation sites (N-methyl/N-ethyl adjacent to an activating group) is 1. The Kier molecular flexibility index (Phi) is 5.55. The van der Waals surface area contributed by atoms with E-state index in [9.17, 15) is 9.59 Å². The van der Waals surface area contributed by atoms with E-state index in [0.29, 0.717) is 19.6 Å². The van der Waals surface area contributed by atoms with Gasteiger partial charge in [0, 0.05) is 25.0 Å². The minimum Gasteiger partial charge on any atom is -0.481 e. The number of amides is 1. The highest BCUT2D eigenvalue weighted by Crippen LogP contribution is 2.18. The number of carbonyl (C=O) groups is 2. The van der Waals surface area contributed by atoms with Gasteiger partial charge in [-0.25, -0.2) is 0 Å². The number of carboxylic acid groups (broad SMARTS) is 1. The summed E-state index contributed by atoms with van der Waals surface area (Å²) in [6.45, 7) is 5.03. The maximum absolute atomic E-state index is 11.5. The minimum absolute atomic E-state index is 0.0114. The van der Waals surface area contributed by atoms with E-state index in [0.717, 1.165) is 0 Å². The summed E-state index contributed by atoms with van der Waals surface area (Å²) in [6.07, 6.45) is 0.373. The van der Waals surface area contributed by atoms with Crippen molar-refractivity contribution in [2.75, 3.05) is 26.8 Å². The summed E-state index contributed by atoms with van der Waals surface area (Å²) in [5, 5.41) is 11.9. The largest absolute Gasteiger partial charge is 0.481 e. The average Bonchev–Trinajstić information content (AvgIpc) is 2.73. The van der Waals surface area contributed by atoms with E-state index in [-0.39, 0.29) is 24.6 Å². The molecule has 18 heavy (non-hydrogen) atoms. The van der Waals surface area contributed by atoms with Gasteiger partial charge in [0.15, 0.2) is 0 Å². The Balaban J connectivity index is 2.38. The standard InChI is InChI=1S/C12H22N2O4/c1-8(2)13-11(15)4-5-14(3)10-7-18-6-9(10)12(16)17/h8-10H,4-7H2,1-3H3,(H,13,15)(H,16,17). The van der Waals surface area contributed by atoms with Gasteiger partial charge in [-0.3, -0.25) is 14.5 Å². The Morgan fingerprint density at radius 3 is 2.67 bits per heavy atom. The van der Waals surface area contributed by atoms with Crippen LogP contribution in [-0.2, 0) is 14.3 Å². The first-order chi connectivity index (χ1) is 8.41. The molecule has 0 saturated carbocycles. The zero-order valence-corrected chi connectivity index (χ0v) is 11.2. The molecule has 0 aliphatic carbocycles. The number of carboxylic acids is 1. The molecule has 6 heteroatoms. The monoisotopic (exact) mass is 258 g/mol. The molecule has 1 amide bonds. The molecule has 0 spiro atoms. The summed E-state index contributed by atoms with van der Waals surface area (Å²) >= 11 is 0. The van der Waals surface area contributed by atoms with Crippen molar-refractivity contribution in [2.45, 2.75) is 32.4 Å². The van der Waals surface area contributed by atoms with Gasteiger partial charge in [0.1, 0.15) is 0 Å². The Morgan fingerprint density at radius 2 is 2.11 bits per heavy atom. The minimum atomic E-state index is -0.837. The van der Waals surface area contributed by atoms with Crippen LogP contribution in [0.25, 0.3) is 0 Å². The van der Waals surface area contributed by atoms with Crippen molar-refractivity contribution in [1.82, 2.24) is 10.2 Å². The number of ether oxygens (including phenoxy) is 1. The molecule has 104 valence electrons. The van der Waals surface area contributed by atoms with Crippen molar-refractivity contribution in [1.29, 1.82) is 0 Å². The predicted octanol–water partition coefficient (Wildman–Crippen LogP) is -0.0675. The van der Waals surface area contributed by atoms with Crippen LogP contribution in [0.15, 0.2) is 0 Å². The third-order valence-electron chi connectivity index (χ3n) is 3.08. The third-order valence-corrected chi connectivity index (χ3v) is 3.08. The van der Waals surface area contributed by atoms with Gasteiger partial charge < -0.3 is 15.2 Å². The highest BCUT2D eigenvalue weighted by Gasteiger charge is 2.36. The topological polar surface area (TPSA) is 78.9 Å². The van der Waals surface area contributed by atoms with E-state index in [4.69, 9.17) is 9.84 Å². The predicted molar refractivity (Wildman–Crippen MR) is 66.3 cm³/mol. The summed E-state index contributed by atoms with van der Waals surface area (Å²) in [5.41, 5.74) is 0. The smallest absolute Gasteiger partial charge is 0.310 e. The van der Waals surface area contributed by atoms with Gasteiger partial charge >= 0.3 is 5.97 Å². The molecule has 0 radical (unpaired) electrons. The zero-order chi connectivity index (χ0) is 13.7. The summed E-state index contributed by atoms with van der Waals surface area (Å²) < 4.78 is 5.20. The van der Waals surface area contributed by atoms with Gasteiger partial charge in [-0.1, -0.05) is 0 Å². The van der Waals surface area contributed by atoms with Gasteiger partial charge in [-0.2, -0.15) is 0 Å². The number of nitrogens with one attached hydrogen (secondary N) is 1. The average molecular weight is 258 g/mol. The van der Waals surface area contributed by atoms with Crippen LogP contribution in [0.3, 0.4) is 0 Å². The molecule has 1 saturated heterocycles. The molecule has 2 N–H and O–H groups in total. The second-order valence-electron chi connectivity index (χ2n) is 5.00. The zero-order valence-electron chi connectivity index (χ0n) is 11.2. The fourth-order valence-electron chi connectivity index (χ4n) is 2.05. The number of rotatable bonds is 6. The van der Waals surface area contributed by atoms with Crippen molar-refractivity contribution < 1.29 is 19.4 Å². The number of hydrogen-bond acceptors (Lipinski definition) is 4. The molecule has 1 fully saturated rings. The van der Waals surface area contributed by atoms with Crippen LogP contribution in [0.1, 0.15) is 20.3 Å². The van der Waals surface area contributed by atoms with E-state index in [1.165, 1.54) is 0 Å². The highest BCUT2D eigenvalue weighted by molar-refractivity contribution is 5.76. The molecule has 0 aromatic heterocycles. The van der Waals surface area contributed by atoms with Crippen molar-refractivity contribution in [3.8, 4) is 0 Å². The van der Waals surface area contributed by atoms with Crippen molar-refractivity contribution in [3.05, 3.63) is 0 Å². The SMILES string of the molecule is CC(C)NC(=O)CCN(C)C1COCC1C(=O)O. The molecular formula is C12H22N2O4. The molecule has 1 rings (SSSR count). The number of aliphatic carboxylic acids is 1. The first-order valence-electron chi connectivity index (χ1n) is 6.22. The van der Waals surface area contributed by atoms with Gasteiger partial charge in [0.25, 0.3) is 0 Å². The molecule has 2 unspecified atom stereocenters. The Labute approximate surface area is 107 Å². The first kappa shape index (κ1) is 14.9. The Hall–Kier alpha value is -1.14. The summed E-state index contributed by atoms with van der Waals surface area (Å²) in [6, 6.07) is -0.0151. The lowest BCUT2D eigenvalue weighted by Gasteiger charge is -2.25. The van der Waals surface area contributed by atoms with E-state index in [1.54, 1.807) is 0 Å². The quantitative estimate of drug-likeness (QED) is 0.697. The maximum Gasteiger partial charge on any atom is 0.310 e. The molecule has 1 aliphatic heterocycles. The lowest BCUT2D eigenvalue weighted by atomic mass is 10.0. The second kappa shape index (κ2) is 6.70. The maximum atomic E-state index is 11.5. The molecule has 0 bridgehead atoms. The lowest BCUT2D eigenvalue weighted by Crippen LogP contribution is -2.42. The molecular weight excluding hydrogens is 236 g/mol. The van der Waals surface area contributed by atoms with E-state index >= 15 is 0 Å². The van der Waals surface area contributed by atoms with Gasteiger partial charge in [-0.15, -0.1) is 0 Å². The van der Waals surface area contributed by atoms with Crippen LogP contribution in [0.2, 0.25) is 0 Å². The van der Waals surface area contributed by atoms with E-state index < -0.39 is 11.9 Å². The number of nitrogens with zero attached hydrogens (tertiary/aromatic N) is 1. The van der Waals surface area contributed by atoms with Crippen molar-refractivity contribution >= 4 is 11.9 Å². The van der Waals surface area contributed by atoms with Gasteiger partial charge in [-0.05, 0) is 20.9 Å². The van der Waals surface area contributed by atoms with Crippen LogP contribution in [-0.4, -0.2) is 60.8 Å². The van der Waals surface area contributed by atoms with E-state index in [1.807, 2.05) is 25.8 Å². The Bertz CT molecular complexity index is 306. The fraction of sp³-hybridized carbons (Fsp3) is 0.833. The third kappa shape index (κ3) is 4.27. The van der Waals surface area contributed by atoms with Gasteiger partial charge in [0.05, 0.1) is 19.1 Å².